The number of hydrogen-bond acceptors (Lipinski definition) is 4. The lowest BCUT2D eigenvalue weighted by Gasteiger charge is -2.36. The maximum Gasteiger partial charge on any atom is 0.236 e. The van der Waals surface area contributed by atoms with E-state index in [9.17, 15) is 9.59 Å². The minimum absolute atomic E-state index is 0.0211. The average molecular weight is 296 g/mol. The van der Waals surface area contributed by atoms with Crippen LogP contribution in [0, 0.1) is 5.92 Å². The molecule has 0 bridgehead atoms. The van der Waals surface area contributed by atoms with E-state index in [0.717, 1.165) is 52.1 Å². The summed E-state index contributed by atoms with van der Waals surface area (Å²) in [6, 6.07) is 0. The zero-order chi connectivity index (χ0) is 15.2. The molecular formula is C15H28N4O2. The standard InChI is InChI=1S/C15H28N4O2/c1-13(11-16-2)15(21)19-9-7-17(8-10-19)12-14(20)18-5-3-4-6-18/h13,16H,3-12H2,1-2H3. The summed E-state index contributed by atoms with van der Waals surface area (Å²) in [5, 5.41) is 3.05. The Morgan fingerprint density at radius 1 is 1.00 bits per heavy atom. The van der Waals surface area contributed by atoms with E-state index in [1.54, 1.807) is 0 Å². The number of hydrogen-bond donors (Lipinski definition) is 1. The molecule has 120 valence electrons. The van der Waals surface area contributed by atoms with Gasteiger partial charge in [-0.25, -0.2) is 0 Å². The number of nitrogens with one attached hydrogen (secondary N) is 1. The third-order valence-corrected chi connectivity index (χ3v) is 4.43. The van der Waals surface area contributed by atoms with Crippen molar-refractivity contribution in [3.05, 3.63) is 0 Å². The Morgan fingerprint density at radius 3 is 2.19 bits per heavy atom. The molecule has 2 aliphatic heterocycles. The molecular weight excluding hydrogens is 268 g/mol. The Morgan fingerprint density at radius 2 is 1.62 bits per heavy atom. The number of rotatable bonds is 5. The van der Waals surface area contributed by atoms with Gasteiger partial charge in [-0.3, -0.25) is 14.5 Å². The fraction of sp³-hybridized carbons (Fsp3) is 0.867. The fourth-order valence-electron chi connectivity index (χ4n) is 3.09. The molecule has 2 heterocycles. The number of piperazine rings is 1. The van der Waals surface area contributed by atoms with E-state index in [2.05, 4.69) is 10.2 Å². The first kappa shape index (κ1) is 16.2. The van der Waals surface area contributed by atoms with Crippen molar-refractivity contribution in [1.29, 1.82) is 0 Å². The third-order valence-electron chi connectivity index (χ3n) is 4.43. The smallest absolute Gasteiger partial charge is 0.236 e. The molecule has 2 fully saturated rings. The van der Waals surface area contributed by atoms with Gasteiger partial charge in [0.15, 0.2) is 0 Å². The summed E-state index contributed by atoms with van der Waals surface area (Å²) in [6.45, 7) is 8.09. The highest BCUT2D eigenvalue weighted by Crippen LogP contribution is 2.10. The van der Waals surface area contributed by atoms with Gasteiger partial charge in [-0.1, -0.05) is 6.92 Å². The summed E-state index contributed by atoms with van der Waals surface area (Å²) >= 11 is 0. The molecule has 2 rings (SSSR count). The van der Waals surface area contributed by atoms with Crippen molar-refractivity contribution >= 4 is 11.8 Å². The lowest BCUT2D eigenvalue weighted by molar-refractivity contribution is -0.137. The van der Waals surface area contributed by atoms with Crippen molar-refractivity contribution in [3.8, 4) is 0 Å². The number of carbonyl (C=O) groups is 2. The summed E-state index contributed by atoms with van der Waals surface area (Å²) in [7, 11) is 1.87. The minimum atomic E-state index is 0.0211. The monoisotopic (exact) mass is 296 g/mol. The first-order valence-corrected chi connectivity index (χ1v) is 8.05. The molecule has 0 aromatic heterocycles. The van der Waals surface area contributed by atoms with Crippen molar-refractivity contribution in [1.82, 2.24) is 20.0 Å². The van der Waals surface area contributed by atoms with Crippen LogP contribution in [0.5, 0.6) is 0 Å². The molecule has 2 aliphatic rings. The normalized spacial score (nSPS) is 21.6. The number of likely N-dealkylation sites (tertiary alicyclic amines) is 1. The molecule has 2 amide bonds. The van der Waals surface area contributed by atoms with Crippen LogP contribution in [0.1, 0.15) is 19.8 Å². The second-order valence-corrected chi connectivity index (χ2v) is 6.15. The van der Waals surface area contributed by atoms with Crippen LogP contribution in [0.4, 0.5) is 0 Å². The molecule has 2 saturated heterocycles. The maximum atomic E-state index is 12.2. The van der Waals surface area contributed by atoms with E-state index in [0.29, 0.717) is 13.1 Å². The van der Waals surface area contributed by atoms with E-state index < -0.39 is 0 Å². The van der Waals surface area contributed by atoms with Gasteiger partial charge < -0.3 is 15.1 Å². The molecule has 1 unspecified atom stereocenters. The van der Waals surface area contributed by atoms with Crippen molar-refractivity contribution in [3.63, 3.8) is 0 Å². The van der Waals surface area contributed by atoms with Gasteiger partial charge in [-0.15, -0.1) is 0 Å². The van der Waals surface area contributed by atoms with Crippen LogP contribution in [0.15, 0.2) is 0 Å². The van der Waals surface area contributed by atoms with Gasteiger partial charge in [0.1, 0.15) is 0 Å². The molecule has 0 spiro atoms. The van der Waals surface area contributed by atoms with E-state index in [-0.39, 0.29) is 17.7 Å². The number of amides is 2. The van der Waals surface area contributed by atoms with E-state index in [4.69, 9.17) is 0 Å². The number of carbonyl (C=O) groups excluding carboxylic acids is 2. The Balaban J connectivity index is 1.72. The van der Waals surface area contributed by atoms with Crippen LogP contribution >= 0.6 is 0 Å². The second kappa shape index (κ2) is 7.75. The van der Waals surface area contributed by atoms with Crippen molar-refractivity contribution in [2.24, 2.45) is 5.92 Å². The van der Waals surface area contributed by atoms with Gasteiger partial charge in [0.25, 0.3) is 0 Å². The molecule has 0 radical (unpaired) electrons. The molecule has 0 aromatic carbocycles. The summed E-state index contributed by atoms with van der Waals surface area (Å²) in [6.07, 6.45) is 2.27. The summed E-state index contributed by atoms with van der Waals surface area (Å²) < 4.78 is 0. The van der Waals surface area contributed by atoms with Crippen LogP contribution in [-0.2, 0) is 9.59 Å². The Labute approximate surface area is 127 Å². The van der Waals surface area contributed by atoms with Gasteiger partial charge in [-0.05, 0) is 19.9 Å². The largest absolute Gasteiger partial charge is 0.342 e. The Hall–Kier alpha value is -1.14. The van der Waals surface area contributed by atoms with Gasteiger partial charge in [0.05, 0.1) is 6.54 Å². The fourth-order valence-corrected chi connectivity index (χ4v) is 3.09. The molecule has 6 nitrogen and oxygen atoms in total. The first-order chi connectivity index (χ1) is 10.1. The van der Waals surface area contributed by atoms with Crippen LogP contribution < -0.4 is 5.32 Å². The first-order valence-electron chi connectivity index (χ1n) is 8.05. The quantitative estimate of drug-likeness (QED) is 0.751. The third kappa shape index (κ3) is 4.41. The second-order valence-electron chi connectivity index (χ2n) is 6.15. The van der Waals surface area contributed by atoms with Crippen LogP contribution in [0.2, 0.25) is 0 Å². The molecule has 1 N–H and O–H groups in total. The highest BCUT2D eigenvalue weighted by atomic mass is 16.2. The van der Waals surface area contributed by atoms with Gasteiger partial charge >= 0.3 is 0 Å². The molecule has 21 heavy (non-hydrogen) atoms. The SMILES string of the molecule is CNCC(C)C(=O)N1CCN(CC(=O)N2CCCC2)CC1. The number of nitrogens with zero attached hydrogens (tertiary/aromatic N) is 3. The predicted octanol–water partition coefficient (Wildman–Crippen LogP) is -0.391. The lowest BCUT2D eigenvalue weighted by Crippen LogP contribution is -2.52. The molecule has 6 heteroatoms. The predicted molar refractivity (Wildman–Crippen MR) is 81.9 cm³/mol. The molecule has 1 atom stereocenters. The minimum Gasteiger partial charge on any atom is -0.342 e. The van der Waals surface area contributed by atoms with Gasteiger partial charge in [0, 0.05) is 51.7 Å². The Bertz CT molecular complexity index is 361. The van der Waals surface area contributed by atoms with Crippen molar-refractivity contribution < 1.29 is 9.59 Å². The van der Waals surface area contributed by atoms with Crippen LogP contribution in [0.3, 0.4) is 0 Å². The van der Waals surface area contributed by atoms with Crippen molar-refractivity contribution in [2.45, 2.75) is 19.8 Å². The summed E-state index contributed by atoms with van der Waals surface area (Å²) in [5.41, 5.74) is 0. The zero-order valence-electron chi connectivity index (χ0n) is 13.3. The van der Waals surface area contributed by atoms with E-state index >= 15 is 0 Å². The summed E-state index contributed by atoms with van der Waals surface area (Å²) in [4.78, 5) is 30.4. The molecule has 0 aliphatic carbocycles. The lowest BCUT2D eigenvalue weighted by atomic mass is 10.1. The summed E-state index contributed by atoms with van der Waals surface area (Å²) in [5.74, 6) is 0.485. The molecule has 0 saturated carbocycles. The van der Waals surface area contributed by atoms with E-state index in [1.165, 1.54) is 0 Å². The van der Waals surface area contributed by atoms with Crippen LogP contribution in [0.25, 0.3) is 0 Å². The highest BCUT2D eigenvalue weighted by Gasteiger charge is 2.26. The van der Waals surface area contributed by atoms with Gasteiger partial charge in [-0.2, -0.15) is 0 Å². The van der Waals surface area contributed by atoms with Crippen molar-refractivity contribution in [2.75, 3.05) is 59.4 Å². The van der Waals surface area contributed by atoms with E-state index in [1.807, 2.05) is 23.8 Å². The molecule has 0 aromatic rings. The topological polar surface area (TPSA) is 55.9 Å². The zero-order valence-corrected chi connectivity index (χ0v) is 13.3. The maximum absolute atomic E-state index is 12.2. The van der Waals surface area contributed by atoms with Gasteiger partial charge in [0.2, 0.25) is 11.8 Å². The van der Waals surface area contributed by atoms with Crippen LogP contribution in [-0.4, -0.2) is 85.9 Å². The Kier molecular flexibility index (Phi) is 5.99. The highest BCUT2D eigenvalue weighted by molar-refractivity contribution is 5.79. The average Bonchev–Trinajstić information content (AvgIpc) is 3.02.